The summed E-state index contributed by atoms with van der Waals surface area (Å²) in [6.07, 6.45) is 0.833. The number of anilines is 1. The van der Waals surface area contributed by atoms with Crippen LogP contribution in [0.15, 0.2) is 0 Å². The zero-order valence-corrected chi connectivity index (χ0v) is 11.4. The number of nitrogens with one attached hydrogen (secondary N) is 2. The lowest BCUT2D eigenvalue weighted by molar-refractivity contribution is -0.120. The van der Waals surface area contributed by atoms with Crippen molar-refractivity contribution in [1.82, 2.24) is 15.5 Å². The first-order chi connectivity index (χ1) is 8.74. The summed E-state index contributed by atoms with van der Waals surface area (Å²) in [6.45, 7) is 5.91. The molecule has 1 saturated heterocycles. The fraction of sp³-hybridized carbons (Fsp3) is 0.727. The lowest BCUT2D eigenvalue weighted by Crippen LogP contribution is -2.41. The van der Waals surface area contributed by atoms with E-state index in [9.17, 15) is 4.79 Å². The summed E-state index contributed by atoms with van der Waals surface area (Å²) in [5, 5.41) is 15.5. The number of rotatable bonds is 5. The molecule has 1 amide bonds. The average molecular weight is 270 g/mol. The van der Waals surface area contributed by atoms with Crippen LogP contribution in [0.5, 0.6) is 0 Å². The van der Waals surface area contributed by atoms with Gasteiger partial charge in [-0.1, -0.05) is 25.2 Å². The Bertz CT molecular complexity index is 410. The highest BCUT2D eigenvalue weighted by atomic mass is 32.1. The minimum absolute atomic E-state index is 0.0442. The highest BCUT2D eigenvalue weighted by Crippen LogP contribution is 2.19. The van der Waals surface area contributed by atoms with Gasteiger partial charge in [0, 0.05) is 6.04 Å². The standard InChI is InChI=1S/C11H18N4O2S/c1-3-9-14-15-11(18-9)13-10(16)7-5-17-6-8(7)12-4-2/h7-8,12H,3-6H2,1-2H3,(H,13,15,16). The number of likely N-dealkylation sites (N-methyl/N-ethyl adjacent to an activating group) is 1. The minimum atomic E-state index is -0.154. The second-order valence-electron chi connectivity index (χ2n) is 4.15. The fourth-order valence-corrected chi connectivity index (χ4v) is 2.60. The third-order valence-electron chi connectivity index (χ3n) is 2.88. The van der Waals surface area contributed by atoms with E-state index < -0.39 is 0 Å². The van der Waals surface area contributed by atoms with Crippen LogP contribution < -0.4 is 10.6 Å². The van der Waals surface area contributed by atoms with Crippen molar-refractivity contribution in [3.05, 3.63) is 5.01 Å². The molecule has 0 aromatic carbocycles. The van der Waals surface area contributed by atoms with E-state index in [4.69, 9.17) is 4.74 Å². The van der Waals surface area contributed by atoms with Crippen molar-refractivity contribution in [2.24, 2.45) is 5.92 Å². The number of ether oxygens (including phenoxy) is 1. The van der Waals surface area contributed by atoms with Crippen LogP contribution in [0.1, 0.15) is 18.9 Å². The van der Waals surface area contributed by atoms with E-state index >= 15 is 0 Å². The van der Waals surface area contributed by atoms with Gasteiger partial charge < -0.3 is 15.4 Å². The van der Waals surface area contributed by atoms with Crippen LogP contribution in [0.3, 0.4) is 0 Å². The average Bonchev–Trinajstić information content (AvgIpc) is 2.98. The molecule has 6 nitrogen and oxygen atoms in total. The molecule has 2 rings (SSSR count). The van der Waals surface area contributed by atoms with E-state index in [2.05, 4.69) is 20.8 Å². The predicted molar refractivity (Wildman–Crippen MR) is 69.7 cm³/mol. The van der Waals surface area contributed by atoms with Crippen LogP contribution in [0.4, 0.5) is 5.13 Å². The monoisotopic (exact) mass is 270 g/mol. The smallest absolute Gasteiger partial charge is 0.233 e. The first-order valence-electron chi connectivity index (χ1n) is 6.19. The van der Waals surface area contributed by atoms with Crippen LogP contribution in [-0.4, -0.2) is 41.9 Å². The van der Waals surface area contributed by atoms with Crippen LogP contribution in [0.2, 0.25) is 0 Å². The molecule has 7 heteroatoms. The van der Waals surface area contributed by atoms with E-state index in [1.54, 1.807) is 0 Å². The Kier molecular flexibility index (Phi) is 4.62. The Labute approximate surface area is 110 Å². The molecule has 1 aliphatic rings. The summed E-state index contributed by atoms with van der Waals surface area (Å²) in [5.41, 5.74) is 0. The summed E-state index contributed by atoms with van der Waals surface area (Å²) < 4.78 is 5.35. The quantitative estimate of drug-likeness (QED) is 0.822. The number of aromatic nitrogens is 2. The van der Waals surface area contributed by atoms with Gasteiger partial charge in [0.05, 0.1) is 19.1 Å². The van der Waals surface area contributed by atoms with E-state index in [-0.39, 0.29) is 17.9 Å². The molecule has 0 radical (unpaired) electrons. The van der Waals surface area contributed by atoms with E-state index in [1.807, 2.05) is 13.8 Å². The van der Waals surface area contributed by atoms with Gasteiger partial charge in [0.25, 0.3) is 0 Å². The molecule has 2 unspecified atom stereocenters. The molecule has 2 heterocycles. The summed E-state index contributed by atoms with van der Waals surface area (Å²) in [5.74, 6) is -0.198. The molecule has 0 spiro atoms. The van der Waals surface area contributed by atoms with Crippen LogP contribution in [0, 0.1) is 5.92 Å². The van der Waals surface area contributed by atoms with Crippen molar-refractivity contribution in [3.8, 4) is 0 Å². The molecule has 0 saturated carbocycles. The normalized spacial score (nSPS) is 23.2. The van der Waals surface area contributed by atoms with E-state index in [0.29, 0.717) is 18.3 Å². The number of hydrogen-bond donors (Lipinski definition) is 2. The third kappa shape index (κ3) is 3.04. The highest BCUT2D eigenvalue weighted by Gasteiger charge is 2.33. The van der Waals surface area contributed by atoms with Crippen molar-refractivity contribution in [1.29, 1.82) is 0 Å². The van der Waals surface area contributed by atoms with Crippen molar-refractivity contribution in [3.63, 3.8) is 0 Å². The van der Waals surface area contributed by atoms with Gasteiger partial charge >= 0.3 is 0 Å². The second-order valence-corrected chi connectivity index (χ2v) is 5.21. The molecule has 2 N–H and O–H groups in total. The predicted octanol–water partition coefficient (Wildman–Crippen LogP) is 0.663. The maximum atomic E-state index is 12.1. The van der Waals surface area contributed by atoms with Gasteiger partial charge in [0.1, 0.15) is 5.01 Å². The topological polar surface area (TPSA) is 76.1 Å². The van der Waals surface area contributed by atoms with Crippen LogP contribution in [0.25, 0.3) is 0 Å². The molecule has 18 heavy (non-hydrogen) atoms. The van der Waals surface area contributed by atoms with Crippen molar-refractivity contribution in [2.75, 3.05) is 25.1 Å². The van der Waals surface area contributed by atoms with Gasteiger partial charge in [-0.3, -0.25) is 4.79 Å². The van der Waals surface area contributed by atoms with Crippen LogP contribution >= 0.6 is 11.3 Å². The third-order valence-corrected chi connectivity index (χ3v) is 3.87. The maximum Gasteiger partial charge on any atom is 0.233 e. The number of amides is 1. The van der Waals surface area contributed by atoms with Crippen molar-refractivity contribution < 1.29 is 9.53 Å². The molecule has 0 bridgehead atoms. The Balaban J connectivity index is 1.94. The number of carbonyl (C=O) groups is 1. The largest absolute Gasteiger partial charge is 0.379 e. The summed E-state index contributed by atoms with van der Waals surface area (Å²) in [4.78, 5) is 12.1. The van der Waals surface area contributed by atoms with Gasteiger partial charge in [-0.2, -0.15) is 0 Å². The summed E-state index contributed by atoms with van der Waals surface area (Å²) in [6, 6.07) is 0.0913. The first kappa shape index (κ1) is 13.4. The number of aryl methyl sites for hydroxylation is 1. The number of hydrogen-bond acceptors (Lipinski definition) is 6. The molecule has 2 atom stereocenters. The molecule has 1 fully saturated rings. The fourth-order valence-electron chi connectivity index (χ4n) is 1.92. The summed E-state index contributed by atoms with van der Waals surface area (Å²) >= 11 is 1.42. The lowest BCUT2D eigenvalue weighted by Gasteiger charge is -2.16. The number of nitrogens with zero attached hydrogens (tertiary/aromatic N) is 2. The van der Waals surface area contributed by atoms with Gasteiger partial charge in [-0.05, 0) is 13.0 Å². The zero-order valence-electron chi connectivity index (χ0n) is 10.6. The van der Waals surface area contributed by atoms with Crippen LogP contribution in [-0.2, 0) is 16.0 Å². The van der Waals surface area contributed by atoms with Gasteiger partial charge in [-0.15, -0.1) is 10.2 Å². The molecular weight excluding hydrogens is 252 g/mol. The lowest BCUT2D eigenvalue weighted by atomic mass is 10.0. The second kappa shape index (κ2) is 6.21. The van der Waals surface area contributed by atoms with Gasteiger partial charge in [0.2, 0.25) is 11.0 Å². The molecule has 1 aromatic heterocycles. The van der Waals surface area contributed by atoms with E-state index in [1.165, 1.54) is 11.3 Å². The van der Waals surface area contributed by atoms with E-state index in [0.717, 1.165) is 18.0 Å². The minimum Gasteiger partial charge on any atom is -0.379 e. The SMILES string of the molecule is CCNC1COCC1C(=O)Nc1nnc(CC)s1. The Morgan fingerprint density at radius 3 is 2.94 bits per heavy atom. The van der Waals surface area contributed by atoms with Crippen molar-refractivity contribution >= 4 is 22.4 Å². The molecule has 1 aromatic rings. The van der Waals surface area contributed by atoms with Crippen molar-refractivity contribution in [2.45, 2.75) is 26.3 Å². The Morgan fingerprint density at radius 1 is 1.44 bits per heavy atom. The number of carbonyl (C=O) groups excluding carboxylic acids is 1. The molecular formula is C11H18N4O2S. The van der Waals surface area contributed by atoms with Gasteiger partial charge in [-0.25, -0.2) is 0 Å². The molecule has 0 aliphatic carbocycles. The molecule has 1 aliphatic heterocycles. The maximum absolute atomic E-state index is 12.1. The molecule has 100 valence electrons. The first-order valence-corrected chi connectivity index (χ1v) is 7.00. The van der Waals surface area contributed by atoms with Gasteiger partial charge in [0.15, 0.2) is 0 Å². The highest BCUT2D eigenvalue weighted by molar-refractivity contribution is 7.15. The zero-order chi connectivity index (χ0) is 13.0. The Morgan fingerprint density at radius 2 is 2.28 bits per heavy atom. The Hall–Kier alpha value is -1.05. The summed E-state index contributed by atoms with van der Waals surface area (Å²) in [7, 11) is 0.